The van der Waals surface area contributed by atoms with Crippen molar-refractivity contribution in [3.05, 3.63) is 24.3 Å². The molecule has 2 atom stereocenters. The summed E-state index contributed by atoms with van der Waals surface area (Å²) in [4.78, 5) is 11.3. The van der Waals surface area contributed by atoms with Crippen LogP contribution in [0.1, 0.15) is 0 Å². The van der Waals surface area contributed by atoms with Crippen LogP contribution >= 0.6 is 0 Å². The lowest BCUT2D eigenvalue weighted by atomic mass is 10.1. The molecule has 2 aliphatic rings. The molecule has 2 heterocycles. The fourth-order valence-electron chi connectivity index (χ4n) is 2.12. The maximum Gasteiger partial charge on any atom is 0.188 e. The quantitative estimate of drug-likeness (QED) is 0.513. The second-order valence-corrected chi connectivity index (χ2v) is 10.8. The van der Waals surface area contributed by atoms with Gasteiger partial charge in [-0.05, 0) is 24.3 Å². The topological polar surface area (TPSA) is 26.3 Å². The number of ether oxygens (including phenoxy) is 1. The van der Waals surface area contributed by atoms with Gasteiger partial charge in [0.1, 0.15) is 11.7 Å². The van der Waals surface area contributed by atoms with Gasteiger partial charge < -0.3 is 4.74 Å². The van der Waals surface area contributed by atoms with Crippen molar-refractivity contribution < 1.29 is 9.53 Å². The molecule has 0 radical (unpaired) electrons. The van der Waals surface area contributed by atoms with Crippen molar-refractivity contribution in [2.45, 2.75) is 37.4 Å². The highest BCUT2D eigenvalue weighted by molar-refractivity contribution is 6.76. The fourth-order valence-corrected chi connectivity index (χ4v) is 4.10. The number of ketones is 1. The van der Waals surface area contributed by atoms with Crippen LogP contribution in [0.2, 0.25) is 25.7 Å². The molecule has 0 aromatic rings. The second-order valence-electron chi connectivity index (χ2n) is 5.33. The van der Waals surface area contributed by atoms with Crippen LogP contribution in [0.25, 0.3) is 0 Å². The van der Waals surface area contributed by atoms with Gasteiger partial charge in [0.05, 0.1) is 0 Å². The van der Waals surface area contributed by atoms with Gasteiger partial charge >= 0.3 is 0 Å². The Bertz CT molecular complexity index is 325. The van der Waals surface area contributed by atoms with E-state index >= 15 is 0 Å². The number of carbonyl (C=O) groups is 1. The Hall–Kier alpha value is -0.673. The van der Waals surface area contributed by atoms with Crippen LogP contribution < -0.4 is 0 Å². The third-order valence-corrected chi connectivity index (χ3v) is 4.13. The lowest BCUT2D eigenvalue weighted by Gasteiger charge is -2.33. The molecule has 14 heavy (non-hydrogen) atoms. The predicted octanol–water partition coefficient (Wildman–Crippen LogP) is 2.16. The fraction of sp³-hybridized carbons (Fsp3) is 0.545. The van der Waals surface area contributed by atoms with Crippen molar-refractivity contribution in [3.63, 3.8) is 0 Å². The van der Waals surface area contributed by atoms with E-state index in [1.807, 2.05) is 12.2 Å². The number of carbonyl (C=O) groups excluding carboxylic acids is 1. The summed E-state index contributed by atoms with van der Waals surface area (Å²) in [6, 6.07) is 1.05. The van der Waals surface area contributed by atoms with Crippen LogP contribution in [0, 0.1) is 0 Å². The summed E-state index contributed by atoms with van der Waals surface area (Å²) >= 11 is 0. The van der Waals surface area contributed by atoms with Gasteiger partial charge in [0, 0.05) is 8.07 Å². The van der Waals surface area contributed by atoms with Gasteiger partial charge in [-0.2, -0.15) is 0 Å². The zero-order chi connectivity index (χ0) is 10.4. The van der Waals surface area contributed by atoms with Gasteiger partial charge in [-0.15, -0.1) is 0 Å². The first kappa shape index (κ1) is 9.87. The van der Waals surface area contributed by atoms with Crippen LogP contribution in [0.5, 0.6) is 0 Å². The normalized spacial score (nSPS) is 35.4. The molecule has 3 heteroatoms. The van der Waals surface area contributed by atoms with E-state index in [9.17, 15) is 4.79 Å². The summed E-state index contributed by atoms with van der Waals surface area (Å²) in [5, 5.41) is 0. The Balaban J connectivity index is 2.23. The maximum absolute atomic E-state index is 11.3. The molecule has 0 aromatic carbocycles. The standard InChI is InChI=1S/C11H16O2Si/c1-14(2,3)8-11-6-4-9(12)10(13-11)5-7-11/h4-7,10H,8H2,1-3H3. The second kappa shape index (κ2) is 2.91. The summed E-state index contributed by atoms with van der Waals surface area (Å²) in [5.41, 5.74) is -0.261. The third kappa shape index (κ3) is 1.74. The highest BCUT2D eigenvalue weighted by Gasteiger charge is 2.41. The number of hydrogen-bond acceptors (Lipinski definition) is 2. The van der Waals surface area contributed by atoms with E-state index in [0.29, 0.717) is 0 Å². The molecule has 2 unspecified atom stereocenters. The number of fused-ring (bicyclic) bond motifs is 2. The van der Waals surface area contributed by atoms with Crippen molar-refractivity contribution in [1.29, 1.82) is 0 Å². The monoisotopic (exact) mass is 208 g/mol. The van der Waals surface area contributed by atoms with Crippen molar-refractivity contribution in [2.24, 2.45) is 0 Å². The van der Waals surface area contributed by atoms with E-state index in [4.69, 9.17) is 4.74 Å². The average Bonchev–Trinajstić information content (AvgIpc) is 2.36. The lowest BCUT2D eigenvalue weighted by Crippen LogP contribution is -2.40. The first-order valence-corrected chi connectivity index (χ1v) is 8.71. The van der Waals surface area contributed by atoms with Crippen LogP contribution in [0.4, 0.5) is 0 Å². The zero-order valence-corrected chi connectivity index (χ0v) is 9.91. The van der Waals surface area contributed by atoms with E-state index in [1.165, 1.54) is 0 Å². The Morgan fingerprint density at radius 1 is 1.43 bits per heavy atom. The molecular formula is C11H16O2Si. The molecule has 76 valence electrons. The minimum Gasteiger partial charge on any atom is -0.352 e. The van der Waals surface area contributed by atoms with Gasteiger partial charge in [0.2, 0.25) is 0 Å². The SMILES string of the molecule is C[Si](C)(C)CC12C=CC(=O)C(C=C1)O2. The molecule has 0 spiro atoms. The first-order valence-electron chi connectivity index (χ1n) is 5.01. The van der Waals surface area contributed by atoms with Crippen LogP contribution in [-0.2, 0) is 9.53 Å². The minimum atomic E-state index is -1.17. The molecule has 0 fully saturated rings. The maximum atomic E-state index is 11.3. The number of hydrogen-bond donors (Lipinski definition) is 0. The third-order valence-electron chi connectivity index (χ3n) is 2.52. The molecule has 2 nitrogen and oxygen atoms in total. The molecule has 0 amide bonds. The molecular weight excluding hydrogens is 192 g/mol. The molecule has 2 aliphatic heterocycles. The lowest BCUT2D eigenvalue weighted by molar-refractivity contribution is -0.127. The van der Waals surface area contributed by atoms with E-state index < -0.39 is 8.07 Å². The molecule has 0 aliphatic carbocycles. The first-order chi connectivity index (χ1) is 6.40. The van der Waals surface area contributed by atoms with Gasteiger partial charge in [-0.3, -0.25) is 4.79 Å². The summed E-state index contributed by atoms with van der Waals surface area (Å²) in [7, 11) is -1.17. The van der Waals surface area contributed by atoms with Crippen LogP contribution in [0.3, 0.4) is 0 Å². The molecule has 2 rings (SSSR count). The summed E-state index contributed by atoms with van der Waals surface area (Å²) in [6.07, 6.45) is 7.23. The van der Waals surface area contributed by atoms with Gasteiger partial charge in [-0.25, -0.2) is 0 Å². The van der Waals surface area contributed by atoms with Crippen molar-refractivity contribution in [3.8, 4) is 0 Å². The smallest absolute Gasteiger partial charge is 0.188 e. The Morgan fingerprint density at radius 2 is 2.14 bits per heavy atom. The largest absolute Gasteiger partial charge is 0.352 e. The molecule has 2 bridgehead atoms. The molecule has 0 saturated carbocycles. The van der Waals surface area contributed by atoms with E-state index in [2.05, 4.69) is 25.7 Å². The van der Waals surface area contributed by atoms with Crippen LogP contribution in [-0.4, -0.2) is 25.6 Å². The average molecular weight is 208 g/mol. The van der Waals surface area contributed by atoms with Crippen LogP contribution in [0.15, 0.2) is 24.3 Å². The van der Waals surface area contributed by atoms with E-state index in [-0.39, 0.29) is 17.5 Å². The highest BCUT2D eigenvalue weighted by atomic mass is 28.3. The number of rotatable bonds is 2. The van der Waals surface area contributed by atoms with E-state index in [1.54, 1.807) is 6.08 Å². The Kier molecular flexibility index (Phi) is 2.05. The van der Waals surface area contributed by atoms with Crippen molar-refractivity contribution in [1.82, 2.24) is 0 Å². The molecule has 0 aromatic heterocycles. The highest BCUT2D eigenvalue weighted by Crippen LogP contribution is 2.36. The van der Waals surface area contributed by atoms with E-state index in [0.717, 1.165) is 6.04 Å². The molecule has 0 saturated heterocycles. The summed E-state index contributed by atoms with van der Waals surface area (Å²) in [6.45, 7) is 6.95. The van der Waals surface area contributed by atoms with Gasteiger partial charge in [0.15, 0.2) is 5.78 Å². The van der Waals surface area contributed by atoms with Crippen molar-refractivity contribution in [2.75, 3.05) is 0 Å². The Morgan fingerprint density at radius 3 is 2.79 bits per heavy atom. The minimum absolute atomic E-state index is 0.0740. The van der Waals surface area contributed by atoms with Gasteiger partial charge in [0.25, 0.3) is 0 Å². The van der Waals surface area contributed by atoms with Gasteiger partial charge in [-0.1, -0.05) is 25.7 Å². The summed E-state index contributed by atoms with van der Waals surface area (Å²) < 4.78 is 5.76. The molecule has 0 N–H and O–H groups in total. The predicted molar refractivity (Wildman–Crippen MR) is 59.0 cm³/mol. The zero-order valence-electron chi connectivity index (χ0n) is 8.91. The Labute approximate surface area is 85.7 Å². The van der Waals surface area contributed by atoms with Crippen molar-refractivity contribution >= 4 is 13.9 Å². The summed E-state index contributed by atoms with van der Waals surface area (Å²) in [5.74, 6) is 0.0740.